The van der Waals surface area contributed by atoms with E-state index in [9.17, 15) is 0 Å². The van der Waals surface area contributed by atoms with E-state index in [0.717, 1.165) is 45.1 Å². The van der Waals surface area contributed by atoms with Gasteiger partial charge in [-0.1, -0.05) is 6.92 Å². The van der Waals surface area contributed by atoms with Gasteiger partial charge in [0.05, 0.1) is 6.61 Å². The van der Waals surface area contributed by atoms with Crippen LogP contribution in [0, 0.1) is 0 Å². The van der Waals surface area contributed by atoms with Gasteiger partial charge in [0.25, 0.3) is 0 Å². The van der Waals surface area contributed by atoms with Gasteiger partial charge in [0, 0.05) is 45.1 Å². The highest BCUT2D eigenvalue weighted by atomic mass is 16.5. The second-order valence-corrected chi connectivity index (χ2v) is 3.34. The number of hydrogen-bond acceptors (Lipinski definition) is 3. The minimum Gasteiger partial charge on any atom is -0.380 e. The Bertz CT molecular complexity index is 260. The normalized spacial score (nSPS) is 10.8. The summed E-state index contributed by atoms with van der Waals surface area (Å²) >= 11 is 0. The van der Waals surface area contributed by atoms with Crippen LogP contribution in [0.1, 0.15) is 19.7 Å². The average Bonchev–Trinajstić information content (AvgIpc) is 2.70. The van der Waals surface area contributed by atoms with Crippen LogP contribution in [0.15, 0.2) is 12.4 Å². The fourth-order valence-electron chi connectivity index (χ4n) is 1.47. The van der Waals surface area contributed by atoms with E-state index in [2.05, 4.69) is 21.8 Å². The Balaban J connectivity index is 2.09. The van der Waals surface area contributed by atoms with Crippen LogP contribution < -0.4 is 5.32 Å². The zero-order chi connectivity index (χ0) is 10.9. The van der Waals surface area contributed by atoms with Crippen LogP contribution in [0.2, 0.25) is 0 Å². The van der Waals surface area contributed by atoms with Crippen LogP contribution >= 0.6 is 0 Å². The van der Waals surface area contributed by atoms with Crippen molar-refractivity contribution < 1.29 is 4.74 Å². The molecule has 0 aromatic carbocycles. The highest BCUT2D eigenvalue weighted by Gasteiger charge is 1.98. The lowest BCUT2D eigenvalue weighted by molar-refractivity contribution is 0.149. The van der Waals surface area contributed by atoms with Gasteiger partial charge in [-0.3, -0.25) is 0 Å². The summed E-state index contributed by atoms with van der Waals surface area (Å²) < 4.78 is 7.42. The molecule has 4 nitrogen and oxygen atoms in total. The van der Waals surface area contributed by atoms with Crippen molar-refractivity contribution in [2.45, 2.75) is 26.8 Å². The molecule has 0 saturated carbocycles. The number of nitrogens with one attached hydrogen (secondary N) is 1. The molecule has 0 saturated heterocycles. The van der Waals surface area contributed by atoms with Gasteiger partial charge in [0.2, 0.25) is 0 Å². The van der Waals surface area contributed by atoms with Crippen molar-refractivity contribution in [1.82, 2.24) is 14.9 Å². The number of aromatic nitrogens is 2. The molecule has 1 aromatic rings. The fraction of sp³-hybridized carbons (Fsp3) is 0.727. The predicted octanol–water partition coefficient (Wildman–Crippen LogP) is 1.07. The molecule has 0 aliphatic rings. The smallest absolute Gasteiger partial charge is 0.108 e. The number of hydrogen-bond donors (Lipinski definition) is 1. The largest absolute Gasteiger partial charge is 0.380 e. The summed E-state index contributed by atoms with van der Waals surface area (Å²) in [5.41, 5.74) is 0. The first-order valence-electron chi connectivity index (χ1n) is 5.67. The van der Waals surface area contributed by atoms with Gasteiger partial charge < -0.3 is 14.6 Å². The lowest BCUT2D eigenvalue weighted by Gasteiger charge is -2.07. The molecule has 0 aliphatic heterocycles. The second kappa shape index (κ2) is 7.43. The van der Waals surface area contributed by atoms with Crippen molar-refractivity contribution >= 4 is 0 Å². The van der Waals surface area contributed by atoms with Crippen molar-refractivity contribution in [2.75, 3.05) is 26.3 Å². The molecule has 0 radical (unpaired) electrons. The summed E-state index contributed by atoms with van der Waals surface area (Å²) in [6.45, 7) is 8.60. The third kappa shape index (κ3) is 4.44. The van der Waals surface area contributed by atoms with Crippen LogP contribution in [0.4, 0.5) is 0 Å². The molecule has 1 rings (SSSR count). The molecular formula is C11H21N3O. The van der Waals surface area contributed by atoms with Crippen molar-refractivity contribution in [3.63, 3.8) is 0 Å². The molecule has 0 aliphatic carbocycles. The molecule has 0 atom stereocenters. The molecule has 0 bridgehead atoms. The van der Waals surface area contributed by atoms with Gasteiger partial charge in [-0.15, -0.1) is 0 Å². The highest BCUT2D eigenvalue weighted by Crippen LogP contribution is 1.96. The topological polar surface area (TPSA) is 39.1 Å². The zero-order valence-electron chi connectivity index (χ0n) is 9.70. The van der Waals surface area contributed by atoms with E-state index >= 15 is 0 Å². The molecular weight excluding hydrogens is 190 g/mol. The van der Waals surface area contributed by atoms with Crippen molar-refractivity contribution in [2.24, 2.45) is 0 Å². The monoisotopic (exact) mass is 211 g/mol. The molecule has 86 valence electrons. The Morgan fingerprint density at radius 1 is 1.40 bits per heavy atom. The Morgan fingerprint density at radius 2 is 2.27 bits per heavy atom. The van der Waals surface area contributed by atoms with E-state index in [4.69, 9.17) is 4.74 Å². The van der Waals surface area contributed by atoms with E-state index < -0.39 is 0 Å². The minimum absolute atomic E-state index is 0.793. The van der Waals surface area contributed by atoms with Gasteiger partial charge >= 0.3 is 0 Å². The van der Waals surface area contributed by atoms with E-state index in [-0.39, 0.29) is 0 Å². The lowest BCUT2D eigenvalue weighted by Crippen LogP contribution is -2.24. The first-order valence-corrected chi connectivity index (χ1v) is 5.67. The van der Waals surface area contributed by atoms with Crippen molar-refractivity contribution in [1.29, 1.82) is 0 Å². The van der Waals surface area contributed by atoms with Crippen LogP contribution in [-0.4, -0.2) is 35.9 Å². The van der Waals surface area contributed by atoms with E-state index in [0.29, 0.717) is 0 Å². The minimum atomic E-state index is 0.793. The van der Waals surface area contributed by atoms with E-state index in [1.54, 1.807) is 0 Å². The summed E-state index contributed by atoms with van der Waals surface area (Å²) in [6, 6.07) is 0. The second-order valence-electron chi connectivity index (χ2n) is 3.34. The molecule has 1 heterocycles. The third-order valence-electron chi connectivity index (χ3n) is 2.27. The van der Waals surface area contributed by atoms with Crippen LogP contribution in [0.3, 0.4) is 0 Å². The van der Waals surface area contributed by atoms with Crippen LogP contribution in [0.5, 0.6) is 0 Å². The van der Waals surface area contributed by atoms with Crippen LogP contribution in [0.25, 0.3) is 0 Å². The lowest BCUT2D eigenvalue weighted by atomic mass is 10.4. The third-order valence-corrected chi connectivity index (χ3v) is 2.27. The van der Waals surface area contributed by atoms with Crippen molar-refractivity contribution in [3.05, 3.63) is 18.2 Å². The molecule has 4 heteroatoms. The van der Waals surface area contributed by atoms with Gasteiger partial charge in [-0.25, -0.2) is 4.98 Å². The standard InChI is InChI=1S/C11H21N3O/c1-3-11-13-6-9-14(11)8-5-12-7-10-15-4-2/h6,9,12H,3-5,7-8,10H2,1-2H3. The summed E-state index contributed by atoms with van der Waals surface area (Å²) in [4.78, 5) is 4.27. The highest BCUT2D eigenvalue weighted by molar-refractivity contribution is 4.91. The molecule has 0 spiro atoms. The average molecular weight is 211 g/mol. The number of nitrogens with zero attached hydrogens (tertiary/aromatic N) is 2. The molecule has 15 heavy (non-hydrogen) atoms. The maximum atomic E-state index is 5.23. The fourth-order valence-corrected chi connectivity index (χ4v) is 1.47. The maximum absolute atomic E-state index is 5.23. The molecule has 1 N–H and O–H groups in total. The van der Waals surface area contributed by atoms with Gasteiger partial charge in [0.15, 0.2) is 0 Å². The zero-order valence-corrected chi connectivity index (χ0v) is 9.70. The summed E-state index contributed by atoms with van der Waals surface area (Å²) in [5.74, 6) is 1.15. The predicted molar refractivity (Wildman–Crippen MR) is 61.0 cm³/mol. The van der Waals surface area contributed by atoms with Gasteiger partial charge in [-0.2, -0.15) is 0 Å². The maximum Gasteiger partial charge on any atom is 0.108 e. The SMILES string of the molecule is CCOCCNCCn1ccnc1CC. The van der Waals surface area contributed by atoms with E-state index in [1.807, 2.05) is 19.3 Å². The number of rotatable bonds is 8. The number of aryl methyl sites for hydroxylation is 1. The summed E-state index contributed by atoms with van der Waals surface area (Å²) in [5, 5.41) is 3.34. The molecule has 0 amide bonds. The van der Waals surface area contributed by atoms with Gasteiger partial charge in [0.1, 0.15) is 5.82 Å². The summed E-state index contributed by atoms with van der Waals surface area (Å²) in [6.07, 6.45) is 4.88. The molecule has 1 aromatic heterocycles. The van der Waals surface area contributed by atoms with Crippen LogP contribution in [-0.2, 0) is 17.7 Å². The Hall–Kier alpha value is -0.870. The quantitative estimate of drug-likeness (QED) is 0.654. The number of imidazole rings is 1. The Morgan fingerprint density at radius 3 is 3.00 bits per heavy atom. The summed E-state index contributed by atoms with van der Waals surface area (Å²) in [7, 11) is 0. The Kier molecular flexibility index (Phi) is 6.04. The van der Waals surface area contributed by atoms with E-state index in [1.165, 1.54) is 0 Å². The first kappa shape index (κ1) is 12.2. The Labute approximate surface area is 91.7 Å². The van der Waals surface area contributed by atoms with Gasteiger partial charge in [-0.05, 0) is 6.92 Å². The number of ether oxygens (including phenoxy) is 1. The molecule has 0 unspecified atom stereocenters. The van der Waals surface area contributed by atoms with Crippen molar-refractivity contribution in [3.8, 4) is 0 Å². The first-order chi connectivity index (χ1) is 7.38. The molecule has 0 fully saturated rings.